The molecular weight excluding hydrogens is 268 g/mol. The van der Waals surface area contributed by atoms with Gasteiger partial charge in [-0.2, -0.15) is 0 Å². The number of nitrogens with two attached hydrogens (primary N) is 1. The van der Waals surface area contributed by atoms with Crippen molar-refractivity contribution in [2.45, 2.75) is 25.1 Å². The lowest BCUT2D eigenvalue weighted by Crippen LogP contribution is -2.45. The standard InChI is InChI=1S/C13H19ClN2OS/c1-13(2,15)9-16-12(17)8-18-7-10-4-3-5-11(14)6-10/h3-6H,7-9,15H2,1-2H3,(H,16,17). The van der Waals surface area contributed by atoms with E-state index in [1.54, 1.807) is 11.8 Å². The second-order valence-corrected chi connectivity index (χ2v) is 6.31. The molecule has 0 radical (unpaired) electrons. The summed E-state index contributed by atoms with van der Waals surface area (Å²) in [6.45, 7) is 4.25. The molecule has 18 heavy (non-hydrogen) atoms. The average Bonchev–Trinajstić information content (AvgIpc) is 2.25. The molecule has 0 saturated heterocycles. The number of carbonyl (C=O) groups excluding carboxylic acids is 1. The van der Waals surface area contributed by atoms with E-state index < -0.39 is 0 Å². The largest absolute Gasteiger partial charge is 0.354 e. The Hall–Kier alpha value is -0.710. The summed E-state index contributed by atoms with van der Waals surface area (Å²) in [5.41, 5.74) is 6.54. The number of amides is 1. The maximum Gasteiger partial charge on any atom is 0.230 e. The third-order valence-electron chi connectivity index (χ3n) is 2.13. The van der Waals surface area contributed by atoms with Gasteiger partial charge in [0.2, 0.25) is 5.91 Å². The fourth-order valence-corrected chi connectivity index (χ4v) is 2.28. The van der Waals surface area contributed by atoms with Crippen LogP contribution in [-0.4, -0.2) is 23.7 Å². The van der Waals surface area contributed by atoms with E-state index in [9.17, 15) is 4.79 Å². The zero-order valence-corrected chi connectivity index (χ0v) is 12.3. The third-order valence-corrected chi connectivity index (χ3v) is 3.37. The number of benzene rings is 1. The SMILES string of the molecule is CC(C)(N)CNC(=O)CSCc1cccc(Cl)c1. The first-order valence-corrected chi connectivity index (χ1v) is 7.28. The summed E-state index contributed by atoms with van der Waals surface area (Å²) in [5.74, 6) is 1.23. The van der Waals surface area contributed by atoms with Crippen LogP contribution in [0.4, 0.5) is 0 Å². The van der Waals surface area contributed by atoms with E-state index in [1.165, 1.54) is 0 Å². The second kappa shape index (κ2) is 7.02. The Morgan fingerprint density at radius 1 is 1.50 bits per heavy atom. The van der Waals surface area contributed by atoms with Crippen LogP contribution in [0, 0.1) is 0 Å². The van der Waals surface area contributed by atoms with Crippen molar-refractivity contribution in [1.82, 2.24) is 5.32 Å². The number of carbonyl (C=O) groups is 1. The third kappa shape index (κ3) is 6.89. The first-order valence-electron chi connectivity index (χ1n) is 5.74. The van der Waals surface area contributed by atoms with Crippen molar-refractivity contribution in [3.8, 4) is 0 Å². The molecule has 0 atom stereocenters. The number of rotatable bonds is 6. The summed E-state index contributed by atoms with van der Waals surface area (Å²) < 4.78 is 0. The van der Waals surface area contributed by atoms with Gasteiger partial charge in [-0.1, -0.05) is 23.7 Å². The molecule has 1 aromatic rings. The van der Waals surface area contributed by atoms with Gasteiger partial charge in [-0.3, -0.25) is 4.79 Å². The number of thioether (sulfide) groups is 1. The van der Waals surface area contributed by atoms with Crippen LogP contribution in [0.2, 0.25) is 5.02 Å². The highest BCUT2D eigenvalue weighted by Gasteiger charge is 2.11. The van der Waals surface area contributed by atoms with Crippen LogP contribution in [-0.2, 0) is 10.5 Å². The summed E-state index contributed by atoms with van der Waals surface area (Å²) in [6, 6.07) is 7.66. The predicted molar refractivity (Wildman–Crippen MR) is 78.9 cm³/mol. The second-order valence-electron chi connectivity index (χ2n) is 4.89. The smallest absolute Gasteiger partial charge is 0.230 e. The van der Waals surface area contributed by atoms with Crippen LogP contribution >= 0.6 is 23.4 Å². The van der Waals surface area contributed by atoms with E-state index in [1.807, 2.05) is 38.1 Å². The minimum Gasteiger partial charge on any atom is -0.354 e. The summed E-state index contributed by atoms with van der Waals surface area (Å²) in [4.78, 5) is 11.5. The van der Waals surface area contributed by atoms with E-state index in [-0.39, 0.29) is 11.4 Å². The van der Waals surface area contributed by atoms with Crippen LogP contribution < -0.4 is 11.1 Å². The topological polar surface area (TPSA) is 55.1 Å². The Kier molecular flexibility index (Phi) is 5.99. The minimum absolute atomic E-state index is 0.0144. The Labute approximate surface area is 117 Å². The van der Waals surface area contributed by atoms with Crippen molar-refractivity contribution >= 4 is 29.3 Å². The van der Waals surface area contributed by atoms with Gasteiger partial charge >= 0.3 is 0 Å². The van der Waals surface area contributed by atoms with Gasteiger partial charge in [-0.15, -0.1) is 11.8 Å². The van der Waals surface area contributed by atoms with E-state index >= 15 is 0 Å². The van der Waals surface area contributed by atoms with Crippen molar-refractivity contribution in [3.63, 3.8) is 0 Å². The maximum absolute atomic E-state index is 11.5. The van der Waals surface area contributed by atoms with Crippen LogP contribution in [0.15, 0.2) is 24.3 Å². The van der Waals surface area contributed by atoms with Gasteiger partial charge in [0.1, 0.15) is 0 Å². The number of hydrogen-bond acceptors (Lipinski definition) is 3. The Morgan fingerprint density at radius 3 is 2.83 bits per heavy atom. The molecule has 0 bridgehead atoms. The molecule has 0 heterocycles. The van der Waals surface area contributed by atoms with E-state index in [0.717, 1.165) is 16.3 Å². The average molecular weight is 287 g/mol. The lowest BCUT2D eigenvalue weighted by Gasteiger charge is -2.18. The molecular formula is C13H19ClN2OS. The van der Waals surface area contributed by atoms with Gasteiger partial charge in [0.25, 0.3) is 0 Å². The van der Waals surface area contributed by atoms with Crippen LogP contribution in [0.25, 0.3) is 0 Å². The maximum atomic E-state index is 11.5. The highest BCUT2D eigenvalue weighted by atomic mass is 35.5. The van der Waals surface area contributed by atoms with Gasteiger partial charge in [0, 0.05) is 22.9 Å². The van der Waals surface area contributed by atoms with Crippen LogP contribution in [0.5, 0.6) is 0 Å². The first-order chi connectivity index (χ1) is 8.37. The Morgan fingerprint density at radius 2 is 2.22 bits per heavy atom. The van der Waals surface area contributed by atoms with E-state index in [2.05, 4.69) is 5.32 Å². The molecule has 0 aliphatic rings. The molecule has 1 amide bonds. The van der Waals surface area contributed by atoms with E-state index in [0.29, 0.717) is 12.3 Å². The summed E-state index contributed by atoms with van der Waals surface area (Å²) in [7, 11) is 0. The van der Waals surface area contributed by atoms with Crippen molar-refractivity contribution < 1.29 is 4.79 Å². The molecule has 0 aliphatic heterocycles. The number of hydrogen-bond donors (Lipinski definition) is 2. The zero-order valence-electron chi connectivity index (χ0n) is 10.7. The quantitative estimate of drug-likeness (QED) is 0.844. The fourth-order valence-electron chi connectivity index (χ4n) is 1.27. The molecule has 3 nitrogen and oxygen atoms in total. The normalized spacial score (nSPS) is 11.3. The Bertz CT molecular complexity index is 404. The molecule has 5 heteroatoms. The highest BCUT2D eigenvalue weighted by molar-refractivity contribution is 7.99. The zero-order chi connectivity index (χ0) is 13.6. The monoisotopic (exact) mass is 286 g/mol. The predicted octanol–water partition coefficient (Wildman–Crippen LogP) is 2.43. The molecule has 3 N–H and O–H groups in total. The number of halogens is 1. The first kappa shape index (κ1) is 15.3. The van der Waals surface area contributed by atoms with E-state index in [4.69, 9.17) is 17.3 Å². The van der Waals surface area contributed by atoms with Gasteiger partial charge in [0.15, 0.2) is 0 Å². The molecule has 0 aliphatic carbocycles. The molecule has 0 aromatic heterocycles. The van der Waals surface area contributed by atoms with Gasteiger partial charge in [-0.25, -0.2) is 0 Å². The minimum atomic E-state index is -0.368. The van der Waals surface area contributed by atoms with Crippen molar-refractivity contribution in [3.05, 3.63) is 34.9 Å². The van der Waals surface area contributed by atoms with Crippen LogP contribution in [0.1, 0.15) is 19.4 Å². The van der Waals surface area contributed by atoms with Crippen molar-refractivity contribution in [1.29, 1.82) is 0 Å². The lowest BCUT2D eigenvalue weighted by molar-refractivity contribution is -0.118. The molecule has 1 rings (SSSR count). The van der Waals surface area contributed by atoms with Crippen molar-refractivity contribution in [2.75, 3.05) is 12.3 Å². The van der Waals surface area contributed by atoms with Gasteiger partial charge < -0.3 is 11.1 Å². The van der Waals surface area contributed by atoms with Gasteiger partial charge in [0.05, 0.1) is 5.75 Å². The number of nitrogens with one attached hydrogen (secondary N) is 1. The summed E-state index contributed by atoms with van der Waals surface area (Å²) >= 11 is 7.45. The summed E-state index contributed by atoms with van der Waals surface area (Å²) in [5, 5.41) is 3.53. The van der Waals surface area contributed by atoms with Crippen molar-refractivity contribution in [2.24, 2.45) is 5.73 Å². The lowest BCUT2D eigenvalue weighted by atomic mass is 10.1. The molecule has 0 unspecified atom stereocenters. The molecule has 0 saturated carbocycles. The van der Waals surface area contributed by atoms with Gasteiger partial charge in [-0.05, 0) is 31.5 Å². The molecule has 0 spiro atoms. The van der Waals surface area contributed by atoms with Crippen LogP contribution in [0.3, 0.4) is 0 Å². The molecule has 1 aromatic carbocycles. The Balaban J connectivity index is 2.23. The highest BCUT2D eigenvalue weighted by Crippen LogP contribution is 2.16. The molecule has 0 fully saturated rings. The summed E-state index contributed by atoms with van der Waals surface area (Å²) in [6.07, 6.45) is 0. The molecule has 100 valence electrons. The fraction of sp³-hybridized carbons (Fsp3) is 0.462.